The van der Waals surface area contributed by atoms with Crippen molar-refractivity contribution < 1.29 is 0 Å². The molecule has 0 radical (unpaired) electrons. The Morgan fingerprint density at radius 1 is 0.231 bits per heavy atom. The Labute approximate surface area is 381 Å². The molecular formula is C62H61N3. The van der Waals surface area contributed by atoms with E-state index in [1.807, 2.05) is 0 Å². The van der Waals surface area contributed by atoms with Crippen LogP contribution in [0.3, 0.4) is 0 Å². The number of rotatable bonds is 0. The molecule has 0 atom stereocenters. The third-order valence-electron chi connectivity index (χ3n) is 15.7. The normalized spacial score (nSPS) is 14.4. The molecule has 13 rings (SSSR count). The van der Waals surface area contributed by atoms with Crippen LogP contribution < -0.4 is 0 Å². The van der Waals surface area contributed by atoms with Gasteiger partial charge in [-0.25, -0.2) is 0 Å². The number of fused-ring (bicyclic) bond motifs is 19. The van der Waals surface area contributed by atoms with Crippen LogP contribution in [0, 0.1) is 0 Å². The third kappa shape index (κ3) is 4.97. The first-order chi connectivity index (χ1) is 30.4. The summed E-state index contributed by atoms with van der Waals surface area (Å²) in [5, 5.41) is 16.2. The van der Waals surface area contributed by atoms with Gasteiger partial charge in [0, 0.05) is 64.6 Å². The fraction of sp³-hybridized carbons (Fsp3) is 0.323. The van der Waals surface area contributed by atoms with Crippen molar-refractivity contribution in [2.45, 2.75) is 131 Å². The van der Waals surface area contributed by atoms with Gasteiger partial charge in [-0.15, -0.1) is 0 Å². The van der Waals surface area contributed by atoms with Gasteiger partial charge in [0.15, 0.2) is 0 Å². The maximum Gasteiger partial charge on any atom is 0.0628 e. The average molecular weight is 848 g/mol. The molecule has 13 aromatic rings. The van der Waals surface area contributed by atoms with Crippen molar-refractivity contribution in [3.05, 3.63) is 125 Å². The highest BCUT2D eigenvalue weighted by molar-refractivity contribution is 6.39. The van der Waals surface area contributed by atoms with Crippen LogP contribution in [0.5, 0.6) is 0 Å². The second kappa shape index (κ2) is 11.7. The van der Waals surface area contributed by atoms with Gasteiger partial charge in [0.25, 0.3) is 0 Å². The monoisotopic (exact) mass is 847 g/mol. The predicted octanol–water partition coefficient (Wildman–Crippen LogP) is 17.6. The van der Waals surface area contributed by atoms with E-state index in [4.69, 9.17) is 0 Å². The lowest BCUT2D eigenvalue weighted by Crippen LogP contribution is -2.11. The minimum absolute atomic E-state index is 0.00326. The molecule has 0 unspecified atom stereocenters. The maximum absolute atomic E-state index is 2.64. The molecule has 0 bridgehead atoms. The van der Waals surface area contributed by atoms with Gasteiger partial charge in [-0.2, -0.15) is 0 Å². The van der Waals surface area contributed by atoms with E-state index in [9.17, 15) is 0 Å². The molecule has 0 saturated heterocycles. The third-order valence-corrected chi connectivity index (χ3v) is 15.7. The summed E-state index contributed by atoms with van der Waals surface area (Å²) in [5.74, 6) is 0. The van der Waals surface area contributed by atoms with E-state index in [0.29, 0.717) is 0 Å². The highest BCUT2D eigenvalue weighted by atomic mass is 15.0. The molecule has 0 fully saturated rings. The Balaban J connectivity index is 1.27. The van der Waals surface area contributed by atoms with Crippen molar-refractivity contribution in [3.63, 3.8) is 0 Å². The predicted molar refractivity (Wildman–Crippen MR) is 284 cm³/mol. The second-order valence-electron chi connectivity index (χ2n) is 25.2. The summed E-state index contributed by atoms with van der Waals surface area (Å²) in [6.07, 6.45) is 0. The van der Waals surface area contributed by atoms with Crippen LogP contribution in [0.4, 0.5) is 0 Å². The van der Waals surface area contributed by atoms with Crippen LogP contribution in [-0.2, 0) is 27.1 Å². The van der Waals surface area contributed by atoms with E-state index in [1.165, 1.54) is 142 Å². The van der Waals surface area contributed by atoms with Crippen LogP contribution in [0.2, 0.25) is 0 Å². The molecule has 6 aromatic heterocycles. The van der Waals surface area contributed by atoms with Gasteiger partial charge in [-0.05, 0) is 134 Å². The minimum Gasteiger partial charge on any atom is -0.308 e. The molecular weight excluding hydrogens is 787 g/mol. The zero-order valence-electron chi connectivity index (χ0n) is 41.1. The quantitative estimate of drug-likeness (QED) is 0.144. The van der Waals surface area contributed by atoms with Crippen molar-refractivity contribution in [1.29, 1.82) is 0 Å². The summed E-state index contributed by atoms with van der Waals surface area (Å²) >= 11 is 0. The summed E-state index contributed by atoms with van der Waals surface area (Å²) in [6, 6.07) is 39.6. The average Bonchev–Trinajstić information content (AvgIpc) is 4.04. The highest BCUT2D eigenvalue weighted by Crippen LogP contribution is 2.52. The van der Waals surface area contributed by atoms with E-state index >= 15 is 0 Å². The fourth-order valence-corrected chi connectivity index (χ4v) is 11.9. The summed E-state index contributed by atoms with van der Waals surface area (Å²) in [7, 11) is 0. The van der Waals surface area contributed by atoms with Gasteiger partial charge in [-0.3, -0.25) is 0 Å². The first-order valence-electron chi connectivity index (χ1n) is 24.0. The van der Waals surface area contributed by atoms with E-state index in [-0.39, 0.29) is 27.1 Å². The van der Waals surface area contributed by atoms with Gasteiger partial charge < -0.3 is 13.2 Å². The lowest BCUT2D eigenvalue weighted by atomic mass is 9.84. The lowest BCUT2D eigenvalue weighted by molar-refractivity contribution is 0.590. The molecule has 324 valence electrons. The SMILES string of the molecule is CC(C)(C)c1ccc2c(c1)c1cc(C(C)(C)C)cc3c4cc5c6cc7c(c8cc(C(C)(C)C)cc9c%10cc(C(C)(C)C)ccc%10n7c98)c7c8cc(C(C)(C)C)ccc8n(c5cc4n2c13)c67. The summed E-state index contributed by atoms with van der Waals surface area (Å²) in [4.78, 5) is 0. The van der Waals surface area contributed by atoms with Crippen molar-refractivity contribution >= 4 is 114 Å². The molecule has 3 heteroatoms. The first-order valence-corrected chi connectivity index (χ1v) is 24.0. The topological polar surface area (TPSA) is 13.2 Å². The van der Waals surface area contributed by atoms with Crippen molar-refractivity contribution in [2.24, 2.45) is 0 Å². The van der Waals surface area contributed by atoms with Gasteiger partial charge in [-0.1, -0.05) is 122 Å². The Morgan fingerprint density at radius 2 is 0.554 bits per heavy atom. The lowest BCUT2D eigenvalue weighted by Gasteiger charge is -2.20. The Bertz CT molecular complexity index is 4220. The zero-order chi connectivity index (χ0) is 45.6. The van der Waals surface area contributed by atoms with Gasteiger partial charge in [0.05, 0.1) is 49.7 Å². The minimum atomic E-state index is -0.0216. The van der Waals surface area contributed by atoms with Crippen LogP contribution >= 0.6 is 0 Å². The smallest absolute Gasteiger partial charge is 0.0628 e. The first kappa shape index (κ1) is 39.3. The van der Waals surface area contributed by atoms with Crippen LogP contribution in [-0.4, -0.2) is 13.2 Å². The molecule has 3 nitrogen and oxygen atoms in total. The standard InChI is InChI=1S/C62H61N3/c1-58(2,3)32-16-19-47-37(22-32)41-25-35(61(10,11)12)26-43-39-29-40-44-30-52-53(46-28-36(62(13,14)15)27-42-38-23-33(59(4,5)6)17-20-48(38)65(52)56(42)46)54-45-24-34(60(7,8)9)18-21-49(45)64(57(44)54)51(40)31-50(39)63(47)55(41)43/h16-31H,1-15H3. The zero-order valence-corrected chi connectivity index (χ0v) is 41.1. The summed E-state index contributed by atoms with van der Waals surface area (Å²) in [6.45, 7) is 35.2. The second-order valence-corrected chi connectivity index (χ2v) is 25.2. The van der Waals surface area contributed by atoms with E-state index < -0.39 is 0 Å². The molecule has 6 heterocycles. The van der Waals surface area contributed by atoms with Gasteiger partial charge >= 0.3 is 0 Å². The highest BCUT2D eigenvalue weighted by Gasteiger charge is 2.31. The molecule has 0 aliphatic rings. The molecule has 0 spiro atoms. The van der Waals surface area contributed by atoms with Crippen LogP contribution in [0.25, 0.3) is 114 Å². The van der Waals surface area contributed by atoms with Crippen molar-refractivity contribution in [2.75, 3.05) is 0 Å². The molecule has 65 heavy (non-hydrogen) atoms. The molecule has 0 N–H and O–H groups in total. The van der Waals surface area contributed by atoms with Gasteiger partial charge in [0.1, 0.15) is 0 Å². The molecule has 0 saturated carbocycles. The van der Waals surface area contributed by atoms with Crippen LogP contribution in [0.1, 0.15) is 132 Å². The number of benzene rings is 7. The van der Waals surface area contributed by atoms with Crippen molar-refractivity contribution in [1.82, 2.24) is 13.2 Å². The molecule has 0 aliphatic carbocycles. The van der Waals surface area contributed by atoms with E-state index in [0.717, 1.165) is 0 Å². The number of hydrogen-bond donors (Lipinski definition) is 0. The Morgan fingerprint density at radius 3 is 1.00 bits per heavy atom. The Kier molecular flexibility index (Phi) is 7.05. The van der Waals surface area contributed by atoms with E-state index in [1.54, 1.807) is 0 Å². The summed E-state index contributed by atoms with van der Waals surface area (Å²) < 4.78 is 7.86. The largest absolute Gasteiger partial charge is 0.308 e. The Hall–Kier alpha value is -6.06. The van der Waals surface area contributed by atoms with Crippen molar-refractivity contribution in [3.8, 4) is 0 Å². The fourth-order valence-electron chi connectivity index (χ4n) is 11.9. The van der Waals surface area contributed by atoms with Crippen LogP contribution in [0.15, 0.2) is 97.1 Å². The number of nitrogens with zero attached hydrogens (tertiary/aromatic N) is 3. The molecule has 7 aromatic carbocycles. The maximum atomic E-state index is 2.64. The number of hydrogen-bond acceptors (Lipinski definition) is 0. The van der Waals surface area contributed by atoms with Gasteiger partial charge in [0.2, 0.25) is 0 Å². The summed E-state index contributed by atoms with van der Waals surface area (Å²) in [5.41, 5.74) is 18.7. The molecule has 0 aliphatic heterocycles. The number of aromatic nitrogens is 3. The van der Waals surface area contributed by atoms with E-state index in [2.05, 4.69) is 214 Å². The molecule has 0 amide bonds.